The Morgan fingerprint density at radius 3 is 2.79 bits per heavy atom. The Hall–Kier alpha value is -0.880. The molecular weight excluding hydrogens is 316 g/mol. The Kier molecular flexibility index (Phi) is 2.32. The van der Waals surface area contributed by atoms with E-state index in [1.165, 1.54) is 6.07 Å². The van der Waals surface area contributed by atoms with Crippen molar-refractivity contribution >= 4 is 48.7 Å². The largest absolute Gasteiger partial charge is 0.478 e. The molecule has 0 bridgehead atoms. The molecule has 0 radical (unpaired) electrons. The first-order valence-corrected chi connectivity index (χ1v) is 5.24. The van der Waals surface area contributed by atoms with Gasteiger partial charge >= 0.3 is 5.97 Å². The van der Waals surface area contributed by atoms with Crippen LogP contribution in [0, 0.1) is 0 Å². The number of aromatic nitrogens is 2. The number of fused-ring (bicyclic) bond motifs is 1. The Morgan fingerprint density at radius 1 is 1.43 bits per heavy atom. The van der Waals surface area contributed by atoms with Gasteiger partial charge in [-0.1, -0.05) is 0 Å². The molecule has 4 nitrogen and oxygen atoms in total. The molecule has 2 N–H and O–H groups in total. The summed E-state index contributed by atoms with van der Waals surface area (Å²) in [6, 6.07) is 3.06. The standard InChI is InChI=1S/C8H4Br2N2O2/c9-4-1-3(8(13)14)2-5-6(4)7(10)12-11-5/h1-2H,(H,11,12)(H,13,14). The highest BCUT2D eigenvalue weighted by molar-refractivity contribution is 9.11. The van der Waals surface area contributed by atoms with E-state index in [-0.39, 0.29) is 5.56 Å². The molecule has 72 valence electrons. The molecule has 0 saturated heterocycles. The summed E-state index contributed by atoms with van der Waals surface area (Å²) in [5.74, 6) is -0.966. The van der Waals surface area contributed by atoms with Gasteiger partial charge in [-0.3, -0.25) is 5.10 Å². The SMILES string of the molecule is O=C(O)c1cc(Br)c2c(Br)[nH]nc2c1. The molecule has 1 heterocycles. The molecule has 0 aliphatic heterocycles. The number of rotatable bonds is 1. The van der Waals surface area contributed by atoms with Gasteiger partial charge in [-0.05, 0) is 44.0 Å². The zero-order chi connectivity index (χ0) is 10.3. The maximum Gasteiger partial charge on any atom is 0.335 e. The van der Waals surface area contributed by atoms with Gasteiger partial charge in [0.25, 0.3) is 0 Å². The van der Waals surface area contributed by atoms with Crippen LogP contribution in [0.25, 0.3) is 10.9 Å². The Balaban J connectivity index is 2.80. The minimum Gasteiger partial charge on any atom is -0.478 e. The van der Waals surface area contributed by atoms with Gasteiger partial charge in [-0.2, -0.15) is 5.10 Å². The maximum absolute atomic E-state index is 10.7. The molecule has 0 aliphatic rings. The molecular formula is C8H4Br2N2O2. The van der Waals surface area contributed by atoms with E-state index in [0.29, 0.717) is 9.99 Å². The molecule has 0 saturated carbocycles. The van der Waals surface area contributed by atoms with E-state index in [0.717, 1.165) is 9.99 Å². The number of nitrogens with one attached hydrogen (secondary N) is 1. The molecule has 2 rings (SSSR count). The number of hydrogen-bond donors (Lipinski definition) is 2. The van der Waals surface area contributed by atoms with Crippen LogP contribution in [0.2, 0.25) is 0 Å². The van der Waals surface area contributed by atoms with Gasteiger partial charge in [-0.15, -0.1) is 0 Å². The van der Waals surface area contributed by atoms with Crippen LogP contribution in [0.5, 0.6) is 0 Å². The molecule has 14 heavy (non-hydrogen) atoms. The molecule has 2 aromatic rings. The Bertz CT molecular complexity index is 521. The predicted molar refractivity (Wildman–Crippen MR) is 58.5 cm³/mol. The number of carbonyl (C=O) groups is 1. The van der Waals surface area contributed by atoms with Gasteiger partial charge in [0.1, 0.15) is 4.60 Å². The average molecular weight is 320 g/mol. The molecule has 0 fully saturated rings. The topological polar surface area (TPSA) is 66.0 Å². The number of halogens is 2. The number of benzene rings is 1. The Morgan fingerprint density at radius 2 is 2.14 bits per heavy atom. The lowest BCUT2D eigenvalue weighted by Gasteiger charge is -1.97. The highest BCUT2D eigenvalue weighted by Gasteiger charge is 2.11. The van der Waals surface area contributed by atoms with E-state index < -0.39 is 5.97 Å². The molecule has 6 heteroatoms. The number of nitrogens with zero attached hydrogens (tertiary/aromatic N) is 1. The molecule has 0 spiro atoms. The number of H-pyrrole nitrogens is 1. The number of hydrogen-bond acceptors (Lipinski definition) is 2. The molecule has 1 aromatic carbocycles. The van der Waals surface area contributed by atoms with E-state index in [9.17, 15) is 4.79 Å². The van der Waals surface area contributed by atoms with E-state index in [1.807, 2.05) is 0 Å². The summed E-state index contributed by atoms with van der Waals surface area (Å²) in [5, 5.41) is 16.3. The summed E-state index contributed by atoms with van der Waals surface area (Å²) in [5.41, 5.74) is 0.826. The van der Waals surface area contributed by atoms with Gasteiger partial charge in [0.05, 0.1) is 11.1 Å². The quantitative estimate of drug-likeness (QED) is 0.849. The molecule has 0 aliphatic carbocycles. The fourth-order valence-electron chi connectivity index (χ4n) is 1.19. The zero-order valence-corrected chi connectivity index (χ0v) is 9.89. The van der Waals surface area contributed by atoms with Crippen LogP contribution in [0.1, 0.15) is 10.4 Å². The second-order valence-electron chi connectivity index (χ2n) is 2.69. The van der Waals surface area contributed by atoms with Crippen molar-refractivity contribution in [2.24, 2.45) is 0 Å². The molecule has 0 unspecified atom stereocenters. The summed E-state index contributed by atoms with van der Waals surface area (Å²) >= 11 is 6.58. The minimum atomic E-state index is -0.966. The van der Waals surface area contributed by atoms with Gasteiger partial charge in [0.15, 0.2) is 0 Å². The van der Waals surface area contributed by atoms with Crippen molar-refractivity contribution in [3.05, 3.63) is 26.8 Å². The normalized spacial score (nSPS) is 10.7. The summed E-state index contributed by atoms with van der Waals surface area (Å²) in [4.78, 5) is 10.7. The van der Waals surface area contributed by atoms with E-state index in [1.54, 1.807) is 6.07 Å². The maximum atomic E-state index is 10.7. The second kappa shape index (κ2) is 3.36. The van der Waals surface area contributed by atoms with Crippen molar-refractivity contribution in [3.8, 4) is 0 Å². The van der Waals surface area contributed by atoms with Crippen LogP contribution in [0.4, 0.5) is 0 Å². The van der Waals surface area contributed by atoms with Gasteiger partial charge < -0.3 is 5.11 Å². The van der Waals surface area contributed by atoms with Crippen molar-refractivity contribution in [1.82, 2.24) is 10.2 Å². The monoisotopic (exact) mass is 318 g/mol. The van der Waals surface area contributed by atoms with Crippen molar-refractivity contribution in [1.29, 1.82) is 0 Å². The predicted octanol–water partition coefficient (Wildman–Crippen LogP) is 2.79. The lowest BCUT2D eigenvalue weighted by Crippen LogP contribution is -1.95. The lowest BCUT2D eigenvalue weighted by molar-refractivity contribution is 0.0697. The average Bonchev–Trinajstić information content (AvgIpc) is 2.48. The van der Waals surface area contributed by atoms with E-state index in [4.69, 9.17) is 5.11 Å². The Labute approximate surface area is 95.6 Å². The van der Waals surface area contributed by atoms with Gasteiger partial charge in [0.2, 0.25) is 0 Å². The third-order valence-corrected chi connectivity index (χ3v) is 3.01. The highest BCUT2D eigenvalue weighted by atomic mass is 79.9. The summed E-state index contributed by atoms with van der Waals surface area (Å²) in [6.45, 7) is 0. The van der Waals surface area contributed by atoms with Gasteiger partial charge in [0, 0.05) is 9.86 Å². The highest BCUT2D eigenvalue weighted by Crippen LogP contribution is 2.30. The first kappa shape index (κ1) is 9.67. The van der Waals surface area contributed by atoms with Crippen LogP contribution in [0.3, 0.4) is 0 Å². The van der Waals surface area contributed by atoms with Crippen LogP contribution in [0.15, 0.2) is 21.2 Å². The van der Waals surface area contributed by atoms with Crippen LogP contribution >= 0.6 is 31.9 Å². The molecule has 0 amide bonds. The van der Waals surface area contributed by atoms with Crippen LogP contribution in [-0.4, -0.2) is 21.3 Å². The number of aromatic carboxylic acids is 1. The van der Waals surface area contributed by atoms with Crippen molar-refractivity contribution in [2.45, 2.75) is 0 Å². The fraction of sp³-hybridized carbons (Fsp3) is 0. The second-order valence-corrected chi connectivity index (χ2v) is 4.34. The van der Waals surface area contributed by atoms with E-state index >= 15 is 0 Å². The lowest BCUT2D eigenvalue weighted by atomic mass is 10.2. The fourth-order valence-corrected chi connectivity index (χ4v) is 2.61. The van der Waals surface area contributed by atoms with Gasteiger partial charge in [-0.25, -0.2) is 4.79 Å². The van der Waals surface area contributed by atoms with E-state index in [2.05, 4.69) is 42.1 Å². The number of carboxylic acids is 1. The first-order chi connectivity index (χ1) is 6.59. The van der Waals surface area contributed by atoms with Crippen LogP contribution < -0.4 is 0 Å². The van der Waals surface area contributed by atoms with Crippen molar-refractivity contribution in [2.75, 3.05) is 0 Å². The minimum absolute atomic E-state index is 0.211. The third kappa shape index (κ3) is 1.44. The number of aromatic amines is 1. The third-order valence-electron chi connectivity index (χ3n) is 1.81. The first-order valence-electron chi connectivity index (χ1n) is 3.66. The summed E-state index contributed by atoms with van der Waals surface area (Å²) in [6.07, 6.45) is 0. The van der Waals surface area contributed by atoms with Crippen molar-refractivity contribution < 1.29 is 9.90 Å². The molecule has 1 aromatic heterocycles. The summed E-state index contributed by atoms with van der Waals surface area (Å²) < 4.78 is 1.43. The smallest absolute Gasteiger partial charge is 0.335 e. The van der Waals surface area contributed by atoms with Crippen LogP contribution in [-0.2, 0) is 0 Å². The summed E-state index contributed by atoms with van der Waals surface area (Å²) in [7, 11) is 0. The van der Waals surface area contributed by atoms with Crippen molar-refractivity contribution in [3.63, 3.8) is 0 Å². The molecule has 0 atom stereocenters. The zero-order valence-electron chi connectivity index (χ0n) is 6.71. The number of carboxylic acid groups (broad SMARTS) is 1.